The molecule has 0 fully saturated rings. The number of nitrogens with two attached hydrogens (primary N) is 1. The molecular formula is C11H18N4O3. The fourth-order valence-corrected chi connectivity index (χ4v) is 1.56. The van der Waals surface area contributed by atoms with Gasteiger partial charge in [-0.05, 0) is 20.8 Å². The van der Waals surface area contributed by atoms with Gasteiger partial charge in [-0.2, -0.15) is 0 Å². The van der Waals surface area contributed by atoms with E-state index in [4.69, 9.17) is 10.6 Å². The molecule has 1 heterocycles. The number of aryl methyl sites for hydroxylation is 1. The molecule has 3 N–H and O–H groups in total. The summed E-state index contributed by atoms with van der Waals surface area (Å²) in [5.74, 6) is 4.75. The molecule has 1 rings (SSSR count). The number of nitrogens with one attached hydrogen (secondary N) is 1. The molecule has 0 unspecified atom stereocenters. The van der Waals surface area contributed by atoms with Crippen molar-refractivity contribution in [3.8, 4) is 6.01 Å². The second kappa shape index (κ2) is 5.18. The molecule has 1 aromatic heterocycles. The Morgan fingerprint density at radius 1 is 1.61 bits per heavy atom. The molecule has 0 aliphatic heterocycles. The predicted octanol–water partition coefficient (Wildman–Crippen LogP) is -0.424. The van der Waals surface area contributed by atoms with E-state index in [9.17, 15) is 9.59 Å². The maximum Gasteiger partial charge on any atom is 0.299 e. The average Bonchev–Trinajstić information content (AvgIpc) is 2.30. The van der Waals surface area contributed by atoms with Crippen LogP contribution in [-0.2, 0) is 11.3 Å². The van der Waals surface area contributed by atoms with E-state index < -0.39 is 5.41 Å². The minimum atomic E-state index is -0.844. The van der Waals surface area contributed by atoms with Crippen molar-refractivity contribution in [2.24, 2.45) is 11.3 Å². The molecule has 0 spiro atoms. The molecule has 0 aromatic carbocycles. The van der Waals surface area contributed by atoms with E-state index in [0.717, 1.165) is 0 Å². The number of nitrogens with zero attached hydrogens (tertiary/aromatic N) is 2. The van der Waals surface area contributed by atoms with Gasteiger partial charge in [0.1, 0.15) is 0 Å². The van der Waals surface area contributed by atoms with Gasteiger partial charge in [0.25, 0.3) is 11.6 Å². The third-order valence-corrected chi connectivity index (χ3v) is 2.58. The van der Waals surface area contributed by atoms with E-state index >= 15 is 0 Å². The molecule has 7 nitrogen and oxygen atoms in total. The summed E-state index contributed by atoms with van der Waals surface area (Å²) in [6, 6.07) is 1.57. The molecular weight excluding hydrogens is 236 g/mol. The quantitative estimate of drug-likeness (QED) is 0.432. The van der Waals surface area contributed by atoms with E-state index in [0.29, 0.717) is 5.69 Å². The third kappa shape index (κ3) is 2.86. The Bertz CT molecular complexity index is 508. The Kier molecular flexibility index (Phi) is 4.07. The highest BCUT2D eigenvalue weighted by Crippen LogP contribution is 2.19. The number of hydrazine groups is 1. The van der Waals surface area contributed by atoms with Crippen molar-refractivity contribution in [2.45, 2.75) is 27.3 Å². The number of rotatable bonds is 4. The lowest BCUT2D eigenvalue weighted by molar-refractivity contribution is -0.130. The van der Waals surface area contributed by atoms with Gasteiger partial charge in [-0.3, -0.25) is 19.6 Å². The number of methoxy groups -OCH3 is 1. The van der Waals surface area contributed by atoms with Crippen LogP contribution in [0.5, 0.6) is 6.01 Å². The first-order valence-corrected chi connectivity index (χ1v) is 5.45. The first-order valence-electron chi connectivity index (χ1n) is 5.45. The van der Waals surface area contributed by atoms with Crippen LogP contribution in [0.1, 0.15) is 19.5 Å². The van der Waals surface area contributed by atoms with Crippen molar-refractivity contribution in [3.63, 3.8) is 0 Å². The Morgan fingerprint density at radius 2 is 2.22 bits per heavy atom. The molecule has 0 atom stereocenters. The standard InChI is InChI=1S/C11H18N4O3/c1-7-5-8(16)15(10(13-7)18-4)6-11(2,3)9(17)14-12/h5H,6,12H2,1-4H3,(H,14,17). The molecule has 0 saturated carbocycles. The Labute approximate surface area is 105 Å². The topological polar surface area (TPSA) is 99.2 Å². The summed E-state index contributed by atoms with van der Waals surface area (Å²) in [7, 11) is 1.42. The molecule has 0 bridgehead atoms. The highest BCUT2D eigenvalue weighted by molar-refractivity contribution is 5.81. The summed E-state index contributed by atoms with van der Waals surface area (Å²) in [6.45, 7) is 5.19. The number of carbonyl (C=O) groups excluding carboxylic acids is 1. The summed E-state index contributed by atoms with van der Waals surface area (Å²) in [4.78, 5) is 27.6. The lowest BCUT2D eigenvalue weighted by Gasteiger charge is -2.24. The third-order valence-electron chi connectivity index (χ3n) is 2.58. The molecule has 18 heavy (non-hydrogen) atoms. The molecule has 1 amide bonds. The highest BCUT2D eigenvalue weighted by atomic mass is 16.5. The van der Waals surface area contributed by atoms with Gasteiger partial charge >= 0.3 is 0 Å². The second-order valence-corrected chi connectivity index (χ2v) is 4.67. The summed E-state index contributed by atoms with van der Waals surface area (Å²) in [5, 5.41) is 0. The monoisotopic (exact) mass is 254 g/mol. The van der Waals surface area contributed by atoms with Crippen molar-refractivity contribution in [1.29, 1.82) is 0 Å². The van der Waals surface area contributed by atoms with Crippen LogP contribution in [0.25, 0.3) is 0 Å². The molecule has 0 saturated heterocycles. The minimum Gasteiger partial charge on any atom is -0.468 e. The number of hydrogen-bond acceptors (Lipinski definition) is 5. The predicted molar refractivity (Wildman–Crippen MR) is 65.9 cm³/mol. The van der Waals surface area contributed by atoms with Gasteiger partial charge in [0, 0.05) is 18.3 Å². The number of hydrogen-bond donors (Lipinski definition) is 2. The van der Waals surface area contributed by atoms with Crippen molar-refractivity contribution in [1.82, 2.24) is 15.0 Å². The van der Waals surface area contributed by atoms with Crippen LogP contribution < -0.4 is 21.6 Å². The van der Waals surface area contributed by atoms with Crippen molar-refractivity contribution >= 4 is 5.91 Å². The van der Waals surface area contributed by atoms with Crippen LogP contribution in [-0.4, -0.2) is 22.6 Å². The Balaban J connectivity index is 3.19. The van der Waals surface area contributed by atoms with Gasteiger partial charge in [-0.15, -0.1) is 0 Å². The molecule has 100 valence electrons. The number of amides is 1. The highest BCUT2D eigenvalue weighted by Gasteiger charge is 2.29. The van der Waals surface area contributed by atoms with Crippen molar-refractivity contribution in [3.05, 3.63) is 22.1 Å². The SMILES string of the molecule is COc1nc(C)cc(=O)n1CC(C)(C)C(=O)NN. The zero-order chi connectivity index (χ0) is 13.9. The molecule has 0 aliphatic carbocycles. The van der Waals surface area contributed by atoms with Crippen molar-refractivity contribution < 1.29 is 9.53 Å². The van der Waals surface area contributed by atoms with Crippen LogP contribution >= 0.6 is 0 Å². The second-order valence-electron chi connectivity index (χ2n) is 4.67. The fraction of sp³-hybridized carbons (Fsp3) is 0.545. The van der Waals surface area contributed by atoms with Crippen molar-refractivity contribution in [2.75, 3.05) is 7.11 Å². The normalized spacial score (nSPS) is 11.2. The fourth-order valence-electron chi connectivity index (χ4n) is 1.56. The first kappa shape index (κ1) is 14.2. The van der Waals surface area contributed by atoms with E-state index in [1.165, 1.54) is 17.7 Å². The number of ether oxygens (including phenoxy) is 1. The van der Waals surface area contributed by atoms with Gasteiger partial charge in [0.05, 0.1) is 12.5 Å². The van der Waals surface area contributed by atoms with E-state index in [2.05, 4.69) is 10.4 Å². The maximum atomic E-state index is 11.9. The van der Waals surface area contributed by atoms with E-state index in [1.54, 1.807) is 20.8 Å². The summed E-state index contributed by atoms with van der Waals surface area (Å²) < 4.78 is 6.36. The summed E-state index contributed by atoms with van der Waals surface area (Å²) >= 11 is 0. The van der Waals surface area contributed by atoms with E-state index in [-0.39, 0.29) is 24.0 Å². The molecule has 1 aromatic rings. The van der Waals surface area contributed by atoms with E-state index in [1.807, 2.05) is 0 Å². The molecule has 7 heteroatoms. The molecule has 0 aliphatic rings. The Morgan fingerprint density at radius 3 is 2.72 bits per heavy atom. The van der Waals surface area contributed by atoms with Gasteiger partial charge in [0.2, 0.25) is 5.91 Å². The zero-order valence-electron chi connectivity index (χ0n) is 11.0. The first-order chi connectivity index (χ1) is 8.31. The van der Waals surface area contributed by atoms with Crippen LogP contribution in [0, 0.1) is 12.3 Å². The van der Waals surface area contributed by atoms with Gasteiger partial charge in [0.15, 0.2) is 0 Å². The minimum absolute atomic E-state index is 0.130. The maximum absolute atomic E-state index is 11.9. The average molecular weight is 254 g/mol. The summed E-state index contributed by atoms with van der Waals surface area (Å²) in [6.07, 6.45) is 0. The summed E-state index contributed by atoms with van der Waals surface area (Å²) in [5.41, 5.74) is 1.53. The smallest absolute Gasteiger partial charge is 0.299 e. The number of carbonyl (C=O) groups is 1. The Hall–Kier alpha value is -1.89. The van der Waals surface area contributed by atoms with Gasteiger partial charge < -0.3 is 4.74 Å². The van der Waals surface area contributed by atoms with Gasteiger partial charge in [-0.25, -0.2) is 10.8 Å². The largest absolute Gasteiger partial charge is 0.468 e. The molecule has 0 radical (unpaired) electrons. The van der Waals surface area contributed by atoms with Crippen LogP contribution in [0.4, 0.5) is 0 Å². The van der Waals surface area contributed by atoms with Crippen LogP contribution in [0.3, 0.4) is 0 Å². The van der Waals surface area contributed by atoms with Crippen LogP contribution in [0.2, 0.25) is 0 Å². The van der Waals surface area contributed by atoms with Crippen LogP contribution in [0.15, 0.2) is 10.9 Å². The van der Waals surface area contributed by atoms with Gasteiger partial charge in [-0.1, -0.05) is 0 Å². The number of aromatic nitrogens is 2. The lowest BCUT2D eigenvalue weighted by Crippen LogP contribution is -2.44. The zero-order valence-corrected chi connectivity index (χ0v) is 11.0. The lowest BCUT2D eigenvalue weighted by atomic mass is 9.92.